The van der Waals surface area contributed by atoms with E-state index in [0.717, 1.165) is 23.8 Å². The molecule has 0 aromatic carbocycles. The van der Waals surface area contributed by atoms with Gasteiger partial charge < -0.3 is 10.1 Å². The normalized spacial score (nSPS) is 26.8. The number of hydrogen-bond donors (Lipinski definition) is 1. The SMILES string of the molecule is CNCc1cnccc1OC1CC(C)CCC1C(C)C. The first-order valence-electron chi connectivity index (χ1n) is 7.86. The maximum absolute atomic E-state index is 6.40. The Balaban J connectivity index is 2.13. The van der Waals surface area contributed by atoms with E-state index in [1.807, 2.05) is 25.5 Å². The van der Waals surface area contributed by atoms with Crippen molar-refractivity contribution in [2.75, 3.05) is 7.05 Å². The zero-order valence-corrected chi connectivity index (χ0v) is 13.2. The molecule has 0 bridgehead atoms. The lowest BCUT2D eigenvalue weighted by Gasteiger charge is -2.37. The second-order valence-corrected chi connectivity index (χ2v) is 6.50. The summed E-state index contributed by atoms with van der Waals surface area (Å²) in [6, 6.07) is 2.00. The van der Waals surface area contributed by atoms with Crippen LogP contribution >= 0.6 is 0 Å². The van der Waals surface area contributed by atoms with Crippen LogP contribution in [-0.2, 0) is 6.54 Å². The fourth-order valence-electron chi connectivity index (χ4n) is 3.27. The maximum atomic E-state index is 6.40. The molecule has 0 radical (unpaired) electrons. The summed E-state index contributed by atoms with van der Waals surface area (Å²) in [6.45, 7) is 7.78. The number of nitrogens with one attached hydrogen (secondary N) is 1. The van der Waals surface area contributed by atoms with Gasteiger partial charge in [-0.3, -0.25) is 4.98 Å². The van der Waals surface area contributed by atoms with Crippen molar-refractivity contribution in [3.8, 4) is 5.75 Å². The molecule has 1 N–H and O–H groups in total. The number of pyridine rings is 1. The van der Waals surface area contributed by atoms with Gasteiger partial charge in [0.2, 0.25) is 0 Å². The topological polar surface area (TPSA) is 34.2 Å². The van der Waals surface area contributed by atoms with Crippen LogP contribution in [0.5, 0.6) is 5.75 Å². The van der Waals surface area contributed by atoms with Gasteiger partial charge in [-0.2, -0.15) is 0 Å². The van der Waals surface area contributed by atoms with Crippen molar-refractivity contribution in [3.05, 3.63) is 24.0 Å². The maximum Gasteiger partial charge on any atom is 0.127 e. The van der Waals surface area contributed by atoms with Gasteiger partial charge in [0.1, 0.15) is 11.9 Å². The van der Waals surface area contributed by atoms with Crippen LogP contribution in [0.25, 0.3) is 0 Å². The number of ether oxygens (including phenoxy) is 1. The second kappa shape index (κ2) is 7.07. The Morgan fingerprint density at radius 1 is 1.40 bits per heavy atom. The van der Waals surface area contributed by atoms with Crippen molar-refractivity contribution >= 4 is 0 Å². The van der Waals surface area contributed by atoms with Crippen LogP contribution in [0.4, 0.5) is 0 Å². The molecule has 3 atom stereocenters. The Hall–Kier alpha value is -1.09. The van der Waals surface area contributed by atoms with Gasteiger partial charge in [0.25, 0.3) is 0 Å². The van der Waals surface area contributed by atoms with Crippen LogP contribution in [0.2, 0.25) is 0 Å². The standard InChI is InChI=1S/C17H28N2O/c1-12(2)15-6-5-13(3)9-17(15)20-16-7-8-19-11-14(16)10-18-4/h7-8,11-13,15,17-18H,5-6,9-10H2,1-4H3. The van der Waals surface area contributed by atoms with Gasteiger partial charge in [-0.25, -0.2) is 0 Å². The highest BCUT2D eigenvalue weighted by atomic mass is 16.5. The molecule has 112 valence electrons. The second-order valence-electron chi connectivity index (χ2n) is 6.50. The molecule has 0 saturated heterocycles. The van der Waals surface area contributed by atoms with Crippen molar-refractivity contribution in [2.45, 2.75) is 52.7 Å². The average molecular weight is 276 g/mol. The van der Waals surface area contributed by atoms with Crippen LogP contribution in [0.15, 0.2) is 18.5 Å². The molecular formula is C17H28N2O. The van der Waals surface area contributed by atoms with Gasteiger partial charge in [-0.15, -0.1) is 0 Å². The van der Waals surface area contributed by atoms with Crippen LogP contribution < -0.4 is 10.1 Å². The molecule has 1 heterocycles. The van der Waals surface area contributed by atoms with Gasteiger partial charge in [-0.1, -0.05) is 27.2 Å². The molecule has 1 saturated carbocycles. The summed E-state index contributed by atoms with van der Waals surface area (Å²) in [5, 5.41) is 3.18. The van der Waals surface area contributed by atoms with Gasteiger partial charge in [-0.05, 0) is 43.7 Å². The molecule has 1 aliphatic carbocycles. The minimum absolute atomic E-state index is 0.344. The predicted molar refractivity (Wildman–Crippen MR) is 82.8 cm³/mol. The van der Waals surface area contributed by atoms with E-state index >= 15 is 0 Å². The number of rotatable bonds is 5. The summed E-state index contributed by atoms with van der Waals surface area (Å²) < 4.78 is 6.40. The molecule has 0 aliphatic heterocycles. The van der Waals surface area contributed by atoms with Crippen LogP contribution in [-0.4, -0.2) is 18.1 Å². The van der Waals surface area contributed by atoms with Crippen molar-refractivity contribution < 1.29 is 4.74 Å². The van der Waals surface area contributed by atoms with E-state index < -0.39 is 0 Å². The number of hydrogen-bond acceptors (Lipinski definition) is 3. The monoisotopic (exact) mass is 276 g/mol. The van der Waals surface area contributed by atoms with Gasteiger partial charge in [0, 0.05) is 24.5 Å². The first-order chi connectivity index (χ1) is 9.61. The molecule has 1 fully saturated rings. The highest BCUT2D eigenvalue weighted by Gasteiger charge is 2.32. The van der Waals surface area contributed by atoms with E-state index in [2.05, 4.69) is 31.1 Å². The molecule has 3 heteroatoms. The average Bonchev–Trinajstić information content (AvgIpc) is 2.41. The van der Waals surface area contributed by atoms with E-state index in [9.17, 15) is 0 Å². The summed E-state index contributed by atoms with van der Waals surface area (Å²) in [7, 11) is 1.95. The minimum Gasteiger partial charge on any atom is -0.490 e. The minimum atomic E-state index is 0.344. The van der Waals surface area contributed by atoms with Crippen molar-refractivity contribution in [3.63, 3.8) is 0 Å². The largest absolute Gasteiger partial charge is 0.490 e. The number of aromatic nitrogens is 1. The summed E-state index contributed by atoms with van der Waals surface area (Å²) in [6.07, 6.45) is 7.87. The van der Waals surface area contributed by atoms with Gasteiger partial charge in [0.15, 0.2) is 0 Å². The van der Waals surface area contributed by atoms with Gasteiger partial charge in [0.05, 0.1) is 0 Å². The molecule has 3 nitrogen and oxygen atoms in total. The summed E-state index contributed by atoms with van der Waals surface area (Å²) in [5.41, 5.74) is 1.15. The molecule has 1 aliphatic rings. The summed E-state index contributed by atoms with van der Waals surface area (Å²) >= 11 is 0. The predicted octanol–water partition coefficient (Wildman–Crippen LogP) is 3.64. The molecule has 1 aromatic heterocycles. The highest BCUT2D eigenvalue weighted by molar-refractivity contribution is 5.30. The lowest BCUT2D eigenvalue weighted by Crippen LogP contribution is -2.36. The van der Waals surface area contributed by atoms with E-state index in [1.165, 1.54) is 19.3 Å². The van der Waals surface area contributed by atoms with E-state index in [0.29, 0.717) is 17.9 Å². The van der Waals surface area contributed by atoms with Crippen molar-refractivity contribution in [1.82, 2.24) is 10.3 Å². The molecular weight excluding hydrogens is 248 g/mol. The fourth-order valence-corrected chi connectivity index (χ4v) is 3.27. The molecule has 2 rings (SSSR count). The zero-order valence-electron chi connectivity index (χ0n) is 13.2. The first kappa shape index (κ1) is 15.3. The highest BCUT2D eigenvalue weighted by Crippen LogP contribution is 2.36. The Bertz CT molecular complexity index is 419. The number of nitrogens with zero attached hydrogens (tertiary/aromatic N) is 1. The van der Waals surface area contributed by atoms with E-state index in [-0.39, 0.29) is 0 Å². The first-order valence-corrected chi connectivity index (χ1v) is 7.86. The van der Waals surface area contributed by atoms with Crippen molar-refractivity contribution in [2.24, 2.45) is 17.8 Å². The molecule has 20 heavy (non-hydrogen) atoms. The Kier molecular flexibility index (Phi) is 5.41. The molecule has 0 spiro atoms. The Labute approximate surface area is 123 Å². The van der Waals surface area contributed by atoms with Crippen LogP contribution in [0.3, 0.4) is 0 Å². The Morgan fingerprint density at radius 3 is 2.90 bits per heavy atom. The Morgan fingerprint density at radius 2 is 2.20 bits per heavy atom. The lowest BCUT2D eigenvalue weighted by atomic mass is 9.75. The lowest BCUT2D eigenvalue weighted by molar-refractivity contribution is 0.0452. The van der Waals surface area contributed by atoms with E-state index in [1.54, 1.807) is 0 Å². The van der Waals surface area contributed by atoms with Gasteiger partial charge >= 0.3 is 0 Å². The van der Waals surface area contributed by atoms with Crippen LogP contribution in [0, 0.1) is 17.8 Å². The van der Waals surface area contributed by atoms with Crippen LogP contribution in [0.1, 0.15) is 45.6 Å². The third-order valence-corrected chi connectivity index (χ3v) is 4.47. The summed E-state index contributed by atoms with van der Waals surface area (Å²) in [4.78, 5) is 4.21. The smallest absolute Gasteiger partial charge is 0.127 e. The molecule has 1 aromatic rings. The zero-order chi connectivity index (χ0) is 14.5. The molecule has 0 amide bonds. The molecule has 3 unspecified atom stereocenters. The van der Waals surface area contributed by atoms with Crippen molar-refractivity contribution in [1.29, 1.82) is 0 Å². The summed E-state index contributed by atoms with van der Waals surface area (Å²) in [5.74, 6) is 3.12. The third-order valence-electron chi connectivity index (χ3n) is 4.47. The third kappa shape index (κ3) is 3.72. The van der Waals surface area contributed by atoms with E-state index in [4.69, 9.17) is 4.74 Å². The quantitative estimate of drug-likeness (QED) is 0.891. The fraction of sp³-hybridized carbons (Fsp3) is 0.706.